The van der Waals surface area contributed by atoms with Crippen LogP contribution in [0.25, 0.3) is 0 Å². The molecule has 2 aliphatic rings. The fourth-order valence-electron chi connectivity index (χ4n) is 4.67. The van der Waals surface area contributed by atoms with Crippen LogP contribution in [0, 0.1) is 5.92 Å². The first-order valence-corrected chi connectivity index (χ1v) is 16.2. The molecule has 230 valence electrons. The number of aliphatic hydroxyl groups is 3. The first-order chi connectivity index (χ1) is 18.9. The van der Waals surface area contributed by atoms with Gasteiger partial charge in [0.25, 0.3) is 0 Å². The molecular formula is C23H42BN2O11PS2. The van der Waals surface area contributed by atoms with Crippen molar-refractivity contribution in [2.75, 3.05) is 40.6 Å². The Morgan fingerprint density at radius 1 is 1.12 bits per heavy atom. The number of carbonyl (C=O) groups excluding carboxylic acids is 1. The van der Waals surface area contributed by atoms with Gasteiger partial charge in [0.2, 0.25) is 5.91 Å². The van der Waals surface area contributed by atoms with Gasteiger partial charge in [0.1, 0.15) is 44.4 Å². The van der Waals surface area contributed by atoms with Crippen molar-refractivity contribution in [3.63, 3.8) is 0 Å². The Morgan fingerprint density at radius 2 is 1.85 bits per heavy atom. The fourth-order valence-corrected chi connectivity index (χ4v) is 5.90. The largest absolute Gasteiger partial charge is 0.394 e. The molecule has 0 bridgehead atoms. The third-order valence-corrected chi connectivity index (χ3v) is 8.75. The van der Waals surface area contributed by atoms with Gasteiger partial charge in [-0.25, -0.2) is 0 Å². The van der Waals surface area contributed by atoms with Crippen LogP contribution in [-0.2, 0) is 44.6 Å². The predicted octanol–water partition coefficient (Wildman–Crippen LogP) is -0.781. The molecule has 2 radical (unpaired) electrons. The molecule has 40 heavy (non-hydrogen) atoms. The minimum absolute atomic E-state index is 0.217. The minimum atomic E-state index is -3.42. The average Bonchev–Trinajstić information content (AvgIpc) is 3.18. The number of nitrogens with one attached hydrogen (secondary N) is 2. The van der Waals surface area contributed by atoms with E-state index in [4.69, 9.17) is 59.9 Å². The van der Waals surface area contributed by atoms with Crippen LogP contribution in [0.1, 0.15) is 39.0 Å². The normalized spacial score (nSPS) is 33.8. The van der Waals surface area contributed by atoms with E-state index in [1.165, 1.54) is 21.1 Å². The lowest BCUT2D eigenvalue weighted by atomic mass is 9.82. The molecule has 0 saturated carbocycles. The molecule has 2 heterocycles. The summed E-state index contributed by atoms with van der Waals surface area (Å²) in [4.78, 5) is 22.4. The van der Waals surface area contributed by atoms with Gasteiger partial charge in [0, 0.05) is 46.2 Å². The Kier molecular flexibility index (Phi) is 15.9. The van der Waals surface area contributed by atoms with Crippen LogP contribution in [0.15, 0.2) is 0 Å². The summed E-state index contributed by atoms with van der Waals surface area (Å²) in [5.74, 6) is -0.628. The Morgan fingerprint density at radius 3 is 2.48 bits per heavy atom. The highest BCUT2D eigenvalue weighted by atomic mass is 32.5. The highest BCUT2D eigenvalue weighted by Gasteiger charge is 2.46. The molecule has 2 unspecified atom stereocenters. The minimum Gasteiger partial charge on any atom is -0.394 e. The first kappa shape index (κ1) is 35.9. The zero-order chi connectivity index (χ0) is 29.9. The summed E-state index contributed by atoms with van der Waals surface area (Å²) in [6.45, 7) is -1.53. The third kappa shape index (κ3) is 11.1. The fraction of sp³-hybridized carbons (Fsp3) is 0.913. The van der Waals surface area contributed by atoms with Crippen LogP contribution in [-0.4, -0.2) is 128 Å². The van der Waals surface area contributed by atoms with Crippen molar-refractivity contribution in [1.29, 1.82) is 0 Å². The molecule has 1 amide bonds. The molecule has 2 rings (SSSR count). The molecule has 2 aliphatic heterocycles. The summed E-state index contributed by atoms with van der Waals surface area (Å²) >= 11 is 10.4. The molecule has 13 nitrogen and oxygen atoms in total. The molecule has 0 aromatic carbocycles. The van der Waals surface area contributed by atoms with E-state index < -0.39 is 68.1 Å². The number of unbranched alkanes of at least 4 members (excludes halogenated alkanes) is 1. The van der Waals surface area contributed by atoms with Gasteiger partial charge >= 0.3 is 6.72 Å². The van der Waals surface area contributed by atoms with Crippen molar-refractivity contribution < 1.29 is 53.0 Å². The van der Waals surface area contributed by atoms with Crippen LogP contribution in [0.5, 0.6) is 0 Å². The van der Waals surface area contributed by atoms with Crippen molar-refractivity contribution in [2.24, 2.45) is 5.92 Å². The Hall–Kier alpha value is -0.325. The van der Waals surface area contributed by atoms with E-state index in [1.54, 1.807) is 0 Å². The number of carbonyl (C=O) groups is 1. The predicted molar refractivity (Wildman–Crippen MR) is 153 cm³/mol. The van der Waals surface area contributed by atoms with Gasteiger partial charge in [-0.1, -0.05) is 12.2 Å². The van der Waals surface area contributed by atoms with Gasteiger partial charge in [-0.3, -0.25) is 4.79 Å². The number of hydrogen-bond donors (Lipinski definition) is 6. The molecule has 0 aromatic heterocycles. The lowest BCUT2D eigenvalue weighted by Gasteiger charge is -2.42. The van der Waals surface area contributed by atoms with Gasteiger partial charge in [0.15, 0.2) is 6.29 Å². The zero-order valence-electron chi connectivity index (χ0n) is 23.0. The first-order valence-electron chi connectivity index (χ1n) is 13.2. The second-order valence-corrected chi connectivity index (χ2v) is 13.1. The average molecular weight is 629 g/mol. The number of methoxy groups -OCH3 is 1. The van der Waals surface area contributed by atoms with Gasteiger partial charge in [0.05, 0.1) is 18.2 Å². The van der Waals surface area contributed by atoms with E-state index in [-0.39, 0.29) is 19.1 Å². The van der Waals surface area contributed by atoms with Crippen molar-refractivity contribution in [2.45, 2.75) is 87.9 Å². The maximum Gasteiger partial charge on any atom is 0.324 e. The highest BCUT2D eigenvalue weighted by molar-refractivity contribution is 8.07. The van der Waals surface area contributed by atoms with E-state index in [0.29, 0.717) is 37.2 Å². The van der Waals surface area contributed by atoms with Gasteiger partial charge in [-0.15, -0.1) is 0 Å². The van der Waals surface area contributed by atoms with Gasteiger partial charge in [-0.2, -0.15) is 0 Å². The molecule has 6 N–H and O–H groups in total. The van der Waals surface area contributed by atoms with Crippen LogP contribution in [0.4, 0.5) is 0 Å². The number of thiocarbonyl (C=S) groups is 1. The molecule has 2 fully saturated rings. The maximum absolute atomic E-state index is 11.5. The number of ether oxygens (including phenoxy) is 4. The quantitative estimate of drug-likeness (QED) is 0.0512. The maximum atomic E-state index is 11.5. The smallest absolute Gasteiger partial charge is 0.324 e. The monoisotopic (exact) mass is 628 g/mol. The zero-order valence-corrected chi connectivity index (χ0v) is 25.6. The number of amides is 1. The second-order valence-electron chi connectivity index (χ2n) is 9.73. The summed E-state index contributed by atoms with van der Waals surface area (Å²) in [6, 6.07) is -1.57. The Labute approximate surface area is 247 Å². The summed E-state index contributed by atoms with van der Waals surface area (Å²) < 4.78 is 32.8. The van der Waals surface area contributed by atoms with E-state index in [1.807, 2.05) is 0 Å². The second kappa shape index (κ2) is 17.7. The van der Waals surface area contributed by atoms with Crippen molar-refractivity contribution >= 4 is 49.5 Å². The molecular weight excluding hydrogens is 586 g/mol. The van der Waals surface area contributed by atoms with E-state index in [9.17, 15) is 25.0 Å². The number of aliphatic hydroxyl groups excluding tert-OH is 3. The van der Waals surface area contributed by atoms with Gasteiger partial charge < -0.3 is 58.8 Å². The lowest BCUT2D eigenvalue weighted by Crippen LogP contribution is -2.64. The third-order valence-electron chi connectivity index (χ3n) is 6.73. The molecule has 0 spiro atoms. The van der Waals surface area contributed by atoms with Crippen LogP contribution in [0.2, 0.25) is 0 Å². The van der Waals surface area contributed by atoms with E-state index in [2.05, 4.69) is 10.6 Å². The SMILES string of the molecule is [B][C@@H]1O[C@H](COC)C(OP(O)(=S)OC)[C@@H]1CCCNC(=S)CCCCO[C@@H]1O[C@H](CO)[C@H](O)[C@H](O)[C@H]1NC(C)=O. The number of hydrogen-bond acceptors (Lipinski definition) is 12. The topological polar surface area (TPSA) is 177 Å². The Bertz CT molecular complexity index is 851. The Balaban J connectivity index is 1.71. The molecule has 10 atom stereocenters. The highest BCUT2D eigenvalue weighted by Crippen LogP contribution is 2.48. The van der Waals surface area contributed by atoms with Crippen LogP contribution >= 0.6 is 18.9 Å². The molecule has 0 aliphatic carbocycles. The van der Waals surface area contributed by atoms with Crippen LogP contribution < -0.4 is 10.6 Å². The summed E-state index contributed by atoms with van der Waals surface area (Å²) in [5, 5.41) is 35.5. The molecule has 17 heteroatoms. The lowest BCUT2D eigenvalue weighted by molar-refractivity contribution is -0.270. The molecule has 0 aromatic rings. The van der Waals surface area contributed by atoms with E-state index >= 15 is 0 Å². The van der Waals surface area contributed by atoms with E-state index in [0.717, 1.165) is 6.42 Å². The molecule has 2 saturated heterocycles. The summed E-state index contributed by atoms with van der Waals surface area (Å²) in [5.41, 5.74) is 0. The van der Waals surface area contributed by atoms with Crippen LogP contribution in [0.3, 0.4) is 0 Å². The van der Waals surface area contributed by atoms with Crippen molar-refractivity contribution in [3.05, 3.63) is 0 Å². The number of rotatable bonds is 17. The van der Waals surface area contributed by atoms with Crippen molar-refractivity contribution in [3.8, 4) is 0 Å². The van der Waals surface area contributed by atoms with Crippen molar-refractivity contribution in [1.82, 2.24) is 10.6 Å². The summed E-state index contributed by atoms with van der Waals surface area (Å²) in [7, 11) is 9.01. The van der Waals surface area contributed by atoms with Gasteiger partial charge in [-0.05, 0) is 43.9 Å². The standard InChI is InChI=1S/C23H42BN2O11PS2/c1-13(28)26-18-20(30)19(29)15(11-27)36-23(18)34-10-5-4-8-17(39)25-9-6-7-14-21(37-38(31,40)33-3)16(12-32-2)35-22(14)24/h14-16,18-23,27,29-30H,4-12H2,1-3H3,(H,25,39)(H,26,28)(H,31,40)/t14-,15+,16+,18+,19-,20+,21?,22+,23+,38?/m0/s1. The summed E-state index contributed by atoms with van der Waals surface area (Å²) in [6.07, 6.45) is -2.47.